The maximum absolute atomic E-state index is 12.6. The molecule has 0 spiro atoms. The average Bonchev–Trinajstić information content (AvgIpc) is 3.03. The molecule has 2 N–H and O–H groups in total. The summed E-state index contributed by atoms with van der Waals surface area (Å²) in [5.41, 5.74) is 2.37. The first-order valence-corrected chi connectivity index (χ1v) is 9.24. The summed E-state index contributed by atoms with van der Waals surface area (Å²) in [6.45, 7) is 0.214. The van der Waals surface area contributed by atoms with E-state index in [9.17, 15) is 18.3 Å². The van der Waals surface area contributed by atoms with Gasteiger partial charge >= 0.3 is 5.97 Å². The molecule has 1 aliphatic rings. The summed E-state index contributed by atoms with van der Waals surface area (Å²) in [5.74, 6) is -1.12. The first kappa shape index (κ1) is 16.6. The van der Waals surface area contributed by atoms with E-state index in [1.165, 1.54) is 6.07 Å². The third kappa shape index (κ3) is 3.47. The lowest BCUT2D eigenvalue weighted by Crippen LogP contribution is -2.27. The van der Waals surface area contributed by atoms with Crippen LogP contribution in [-0.4, -0.2) is 31.0 Å². The van der Waals surface area contributed by atoms with E-state index in [0.717, 1.165) is 23.2 Å². The van der Waals surface area contributed by atoms with Gasteiger partial charge in [-0.15, -0.1) is 0 Å². The van der Waals surface area contributed by atoms with E-state index in [1.54, 1.807) is 18.3 Å². The van der Waals surface area contributed by atoms with Crippen molar-refractivity contribution in [3.8, 4) is 0 Å². The minimum atomic E-state index is -3.75. The molecule has 1 aromatic heterocycles. The Labute approximate surface area is 140 Å². The van der Waals surface area contributed by atoms with Gasteiger partial charge in [0.05, 0.1) is 10.5 Å². The van der Waals surface area contributed by atoms with Crippen molar-refractivity contribution in [2.45, 2.75) is 30.6 Å². The van der Waals surface area contributed by atoms with Crippen LogP contribution >= 0.6 is 0 Å². The first-order chi connectivity index (χ1) is 11.5. The molecule has 3 rings (SSSR count). The fourth-order valence-corrected chi connectivity index (χ4v) is 4.33. The van der Waals surface area contributed by atoms with Gasteiger partial charge in [0.2, 0.25) is 10.0 Å². The molecule has 1 heterocycles. The van der Waals surface area contributed by atoms with E-state index in [-0.39, 0.29) is 17.0 Å². The molecule has 0 unspecified atom stereocenters. The molecule has 0 radical (unpaired) electrons. The van der Waals surface area contributed by atoms with Gasteiger partial charge in [0.25, 0.3) is 0 Å². The van der Waals surface area contributed by atoms with Gasteiger partial charge in [-0.25, -0.2) is 17.9 Å². The summed E-state index contributed by atoms with van der Waals surface area (Å²) in [6.07, 6.45) is 4.35. The second kappa shape index (κ2) is 6.70. The number of pyridine rings is 1. The number of fused-ring (bicyclic) bond motifs is 1. The van der Waals surface area contributed by atoms with E-state index in [2.05, 4.69) is 9.71 Å². The fraction of sp³-hybridized carbons (Fsp3) is 0.294. The minimum absolute atomic E-state index is 0.0146. The Bertz CT molecular complexity index is 864. The third-order valence-electron chi connectivity index (χ3n) is 4.11. The Hall–Kier alpha value is -2.25. The molecular formula is C17H18N2O4S. The second-order valence-corrected chi connectivity index (χ2v) is 7.47. The van der Waals surface area contributed by atoms with Crippen LogP contribution in [0.4, 0.5) is 0 Å². The summed E-state index contributed by atoms with van der Waals surface area (Å²) in [7, 11) is -3.75. The van der Waals surface area contributed by atoms with Gasteiger partial charge in [0, 0.05) is 24.9 Å². The van der Waals surface area contributed by atoms with Crippen LogP contribution in [0.1, 0.15) is 33.6 Å². The molecule has 1 aliphatic carbocycles. The van der Waals surface area contributed by atoms with Crippen molar-refractivity contribution >= 4 is 16.0 Å². The molecule has 0 saturated heterocycles. The summed E-state index contributed by atoms with van der Waals surface area (Å²) in [5, 5.41) is 9.21. The summed E-state index contributed by atoms with van der Waals surface area (Å²) in [6, 6.07) is 8.32. The SMILES string of the molecule is O=C(O)c1cc2c(c(S(=O)(=O)NCCc3ccccn3)c1)CCC2. The highest BCUT2D eigenvalue weighted by atomic mass is 32.2. The summed E-state index contributed by atoms with van der Waals surface area (Å²) >= 11 is 0. The van der Waals surface area contributed by atoms with Crippen LogP contribution in [0.15, 0.2) is 41.4 Å². The van der Waals surface area contributed by atoms with Crippen LogP contribution in [0, 0.1) is 0 Å². The van der Waals surface area contributed by atoms with E-state index >= 15 is 0 Å². The number of nitrogens with zero attached hydrogens (tertiary/aromatic N) is 1. The molecule has 0 fully saturated rings. The number of benzene rings is 1. The standard InChI is InChI=1S/C17H18N2O4S/c20-17(21)13-10-12-4-3-6-15(12)16(11-13)24(22,23)19-9-7-14-5-1-2-8-18-14/h1-2,5,8,10-11,19H,3-4,6-7,9H2,(H,20,21). The lowest BCUT2D eigenvalue weighted by atomic mass is 10.1. The first-order valence-electron chi connectivity index (χ1n) is 7.76. The smallest absolute Gasteiger partial charge is 0.335 e. The largest absolute Gasteiger partial charge is 0.478 e. The topological polar surface area (TPSA) is 96.4 Å². The van der Waals surface area contributed by atoms with Crippen molar-refractivity contribution in [2.75, 3.05) is 6.54 Å². The lowest BCUT2D eigenvalue weighted by Gasteiger charge is -2.12. The van der Waals surface area contributed by atoms with Crippen molar-refractivity contribution in [1.29, 1.82) is 0 Å². The van der Waals surface area contributed by atoms with Gasteiger partial charge in [0.1, 0.15) is 0 Å². The molecule has 0 aliphatic heterocycles. The van der Waals surface area contributed by atoms with Crippen LogP contribution in [0.25, 0.3) is 0 Å². The quantitative estimate of drug-likeness (QED) is 0.831. The van der Waals surface area contributed by atoms with Crippen LogP contribution in [-0.2, 0) is 29.3 Å². The monoisotopic (exact) mass is 346 g/mol. The fourth-order valence-electron chi connectivity index (χ4n) is 2.97. The molecule has 2 aromatic rings. The van der Waals surface area contributed by atoms with Crippen LogP contribution in [0.5, 0.6) is 0 Å². The lowest BCUT2D eigenvalue weighted by molar-refractivity contribution is 0.0696. The van der Waals surface area contributed by atoms with Crippen molar-refractivity contribution in [2.24, 2.45) is 0 Å². The summed E-state index contributed by atoms with van der Waals surface area (Å²) in [4.78, 5) is 15.5. The van der Waals surface area contributed by atoms with Crippen molar-refractivity contribution in [3.63, 3.8) is 0 Å². The van der Waals surface area contributed by atoms with E-state index in [0.29, 0.717) is 19.3 Å². The number of carboxylic acid groups (broad SMARTS) is 1. The van der Waals surface area contributed by atoms with Crippen molar-refractivity contribution < 1.29 is 18.3 Å². The molecular weight excluding hydrogens is 328 g/mol. The molecule has 0 amide bonds. The number of sulfonamides is 1. The number of hydrogen-bond donors (Lipinski definition) is 2. The zero-order chi connectivity index (χ0) is 17.2. The van der Waals surface area contributed by atoms with Gasteiger partial charge in [0.15, 0.2) is 0 Å². The van der Waals surface area contributed by atoms with Gasteiger partial charge in [-0.05, 0) is 54.7 Å². The average molecular weight is 346 g/mol. The Kier molecular flexibility index (Phi) is 4.64. The van der Waals surface area contributed by atoms with Crippen molar-refractivity contribution in [1.82, 2.24) is 9.71 Å². The maximum atomic E-state index is 12.6. The number of hydrogen-bond acceptors (Lipinski definition) is 4. The van der Waals surface area contributed by atoms with E-state index < -0.39 is 16.0 Å². The predicted molar refractivity (Wildman–Crippen MR) is 88.6 cm³/mol. The van der Waals surface area contributed by atoms with Gasteiger partial charge in [-0.3, -0.25) is 4.98 Å². The van der Waals surface area contributed by atoms with Crippen LogP contribution in [0.2, 0.25) is 0 Å². The molecule has 126 valence electrons. The minimum Gasteiger partial charge on any atom is -0.478 e. The third-order valence-corrected chi connectivity index (χ3v) is 5.64. The Morgan fingerprint density at radius 1 is 1.25 bits per heavy atom. The highest BCUT2D eigenvalue weighted by molar-refractivity contribution is 7.89. The van der Waals surface area contributed by atoms with Gasteiger partial charge in [-0.2, -0.15) is 0 Å². The zero-order valence-electron chi connectivity index (χ0n) is 13.0. The van der Waals surface area contributed by atoms with Crippen LogP contribution < -0.4 is 4.72 Å². The van der Waals surface area contributed by atoms with Crippen molar-refractivity contribution in [3.05, 3.63) is 58.9 Å². The number of aryl methyl sites for hydroxylation is 1. The Balaban J connectivity index is 1.83. The van der Waals surface area contributed by atoms with Gasteiger partial charge < -0.3 is 5.11 Å². The highest BCUT2D eigenvalue weighted by Crippen LogP contribution is 2.30. The molecule has 6 nitrogen and oxygen atoms in total. The molecule has 1 aromatic carbocycles. The number of aromatic nitrogens is 1. The van der Waals surface area contributed by atoms with E-state index in [4.69, 9.17) is 0 Å². The van der Waals surface area contributed by atoms with Crippen LogP contribution in [0.3, 0.4) is 0 Å². The Morgan fingerprint density at radius 3 is 2.79 bits per heavy atom. The molecule has 0 saturated carbocycles. The zero-order valence-corrected chi connectivity index (χ0v) is 13.8. The number of aromatic carboxylic acids is 1. The maximum Gasteiger partial charge on any atom is 0.335 e. The van der Waals surface area contributed by atoms with E-state index in [1.807, 2.05) is 12.1 Å². The number of rotatable bonds is 6. The normalized spacial score (nSPS) is 13.7. The highest BCUT2D eigenvalue weighted by Gasteiger charge is 2.25. The number of nitrogens with one attached hydrogen (secondary N) is 1. The second-order valence-electron chi connectivity index (χ2n) is 5.74. The predicted octanol–water partition coefficient (Wildman–Crippen LogP) is 1.79. The summed E-state index contributed by atoms with van der Waals surface area (Å²) < 4.78 is 27.8. The molecule has 0 atom stereocenters. The van der Waals surface area contributed by atoms with Gasteiger partial charge in [-0.1, -0.05) is 6.07 Å². The number of carboxylic acids is 1. The molecule has 7 heteroatoms. The number of carbonyl (C=O) groups is 1. The molecule has 0 bridgehead atoms. The molecule has 24 heavy (non-hydrogen) atoms. The Morgan fingerprint density at radius 2 is 2.08 bits per heavy atom.